The fourth-order valence-electron chi connectivity index (χ4n) is 3.65. The van der Waals surface area contributed by atoms with Gasteiger partial charge in [0.05, 0.1) is 0 Å². The van der Waals surface area contributed by atoms with Crippen molar-refractivity contribution in [3.63, 3.8) is 0 Å². The summed E-state index contributed by atoms with van der Waals surface area (Å²) < 4.78 is 0. The van der Waals surface area contributed by atoms with Gasteiger partial charge >= 0.3 is 0 Å². The normalized spacial score (nSPS) is 28.6. The van der Waals surface area contributed by atoms with Gasteiger partial charge in [-0.2, -0.15) is 0 Å². The van der Waals surface area contributed by atoms with E-state index < -0.39 is 0 Å². The minimum atomic E-state index is 0.178. The van der Waals surface area contributed by atoms with Gasteiger partial charge in [-0.25, -0.2) is 0 Å². The number of fused-ring (bicyclic) bond motifs is 2. The molecule has 0 spiro atoms. The third kappa shape index (κ3) is 2.94. The first-order chi connectivity index (χ1) is 9.22. The minimum absolute atomic E-state index is 0.178. The maximum atomic E-state index is 12.0. The molecule has 0 unspecified atom stereocenters. The summed E-state index contributed by atoms with van der Waals surface area (Å²) in [5.74, 6) is 1.80. The number of rotatable bonds is 4. The summed E-state index contributed by atoms with van der Waals surface area (Å²) >= 11 is 6.10. The molecule has 19 heavy (non-hydrogen) atoms. The highest BCUT2D eigenvalue weighted by Gasteiger charge is 2.39. The van der Waals surface area contributed by atoms with Crippen LogP contribution in [0.25, 0.3) is 0 Å². The third-order valence-corrected chi connectivity index (χ3v) is 5.03. The van der Waals surface area contributed by atoms with Crippen molar-refractivity contribution in [3.05, 3.63) is 34.9 Å². The van der Waals surface area contributed by atoms with E-state index in [2.05, 4.69) is 5.32 Å². The molecule has 3 rings (SSSR count). The molecule has 1 aromatic carbocycles. The van der Waals surface area contributed by atoms with Crippen LogP contribution in [0.5, 0.6) is 0 Å². The van der Waals surface area contributed by atoms with Crippen molar-refractivity contribution in [2.75, 3.05) is 0 Å². The molecule has 1 amide bonds. The molecule has 0 saturated heterocycles. The molecule has 3 atom stereocenters. The molecule has 1 N–H and O–H groups in total. The first kappa shape index (κ1) is 13.0. The number of hydrogen-bond donors (Lipinski definition) is 1. The maximum absolute atomic E-state index is 12.0. The Bertz CT molecular complexity index is 474. The van der Waals surface area contributed by atoms with Gasteiger partial charge in [-0.3, -0.25) is 4.79 Å². The number of halogens is 1. The number of amides is 1. The van der Waals surface area contributed by atoms with Crippen LogP contribution in [0, 0.1) is 11.8 Å². The van der Waals surface area contributed by atoms with Crippen LogP contribution >= 0.6 is 11.6 Å². The van der Waals surface area contributed by atoms with E-state index in [4.69, 9.17) is 11.6 Å². The van der Waals surface area contributed by atoms with Gasteiger partial charge in [-0.1, -0.05) is 36.2 Å². The Hall–Kier alpha value is -1.02. The summed E-state index contributed by atoms with van der Waals surface area (Å²) in [6, 6.07) is 8.20. The summed E-state index contributed by atoms with van der Waals surface area (Å²) in [4.78, 5) is 12.0. The molecule has 0 radical (unpaired) electrons. The van der Waals surface area contributed by atoms with Gasteiger partial charge in [0, 0.05) is 17.5 Å². The zero-order valence-corrected chi connectivity index (χ0v) is 11.8. The Kier molecular flexibility index (Phi) is 3.79. The highest BCUT2D eigenvalue weighted by Crippen LogP contribution is 2.44. The lowest BCUT2D eigenvalue weighted by molar-refractivity contribution is -0.122. The molecule has 3 heteroatoms. The van der Waals surface area contributed by atoms with Crippen molar-refractivity contribution in [2.24, 2.45) is 11.8 Å². The highest BCUT2D eigenvalue weighted by molar-refractivity contribution is 6.31. The van der Waals surface area contributed by atoms with E-state index in [0.29, 0.717) is 12.5 Å². The Morgan fingerprint density at radius 2 is 2.11 bits per heavy atom. The summed E-state index contributed by atoms with van der Waals surface area (Å²) in [7, 11) is 0. The van der Waals surface area contributed by atoms with Crippen LogP contribution < -0.4 is 5.32 Å². The number of hydrogen-bond acceptors (Lipinski definition) is 1. The summed E-state index contributed by atoms with van der Waals surface area (Å²) in [6.07, 6.45) is 6.47. The van der Waals surface area contributed by atoms with Gasteiger partial charge in [0.1, 0.15) is 0 Å². The molecule has 0 aromatic heterocycles. The standard InChI is InChI=1S/C16H20ClNO/c17-14-4-2-1-3-12(14)7-8-16(19)18-15-10-11-5-6-13(15)9-11/h1-4,11,13,15H,5-10H2,(H,18,19)/t11-,13+,15-/m0/s1. The second-order valence-electron chi connectivity index (χ2n) is 5.94. The van der Waals surface area contributed by atoms with E-state index in [9.17, 15) is 4.79 Å². The Labute approximate surface area is 119 Å². The average Bonchev–Trinajstić information content (AvgIpc) is 3.00. The molecule has 102 valence electrons. The SMILES string of the molecule is O=C(CCc1ccccc1Cl)N[C@H]1C[C@H]2CC[C@@H]1C2. The van der Waals surface area contributed by atoms with Crippen LogP contribution in [0.2, 0.25) is 5.02 Å². The Morgan fingerprint density at radius 1 is 1.26 bits per heavy atom. The molecule has 1 aromatic rings. The van der Waals surface area contributed by atoms with Crippen LogP contribution in [-0.4, -0.2) is 11.9 Å². The molecule has 2 bridgehead atoms. The van der Waals surface area contributed by atoms with Gasteiger partial charge in [0.2, 0.25) is 5.91 Å². The van der Waals surface area contributed by atoms with Crippen LogP contribution in [0.4, 0.5) is 0 Å². The van der Waals surface area contributed by atoms with Gasteiger partial charge in [-0.05, 0) is 49.1 Å². The zero-order chi connectivity index (χ0) is 13.2. The first-order valence-electron chi connectivity index (χ1n) is 7.25. The number of aryl methyl sites for hydroxylation is 1. The van der Waals surface area contributed by atoms with Crippen LogP contribution in [-0.2, 0) is 11.2 Å². The van der Waals surface area contributed by atoms with Crippen LogP contribution in [0.3, 0.4) is 0 Å². The van der Waals surface area contributed by atoms with Crippen molar-refractivity contribution in [3.8, 4) is 0 Å². The predicted octanol–water partition coefficient (Wildman–Crippen LogP) is 3.58. The fourth-order valence-corrected chi connectivity index (χ4v) is 3.88. The molecule has 2 fully saturated rings. The number of carbonyl (C=O) groups is 1. The van der Waals surface area contributed by atoms with Crippen molar-refractivity contribution < 1.29 is 4.79 Å². The van der Waals surface area contributed by atoms with Crippen molar-refractivity contribution in [2.45, 2.75) is 44.6 Å². The topological polar surface area (TPSA) is 29.1 Å². The predicted molar refractivity (Wildman–Crippen MR) is 77.2 cm³/mol. The van der Waals surface area contributed by atoms with Gasteiger partial charge in [-0.15, -0.1) is 0 Å². The molecule has 2 saturated carbocycles. The summed E-state index contributed by atoms with van der Waals surface area (Å²) in [6.45, 7) is 0. The largest absolute Gasteiger partial charge is 0.353 e. The average molecular weight is 278 g/mol. The Balaban J connectivity index is 1.48. The van der Waals surface area contributed by atoms with Crippen LogP contribution in [0.1, 0.15) is 37.7 Å². The quantitative estimate of drug-likeness (QED) is 0.895. The number of carbonyl (C=O) groups excluding carboxylic acids is 1. The molecular formula is C16H20ClNO. The molecule has 2 aliphatic carbocycles. The Morgan fingerprint density at radius 3 is 2.79 bits per heavy atom. The monoisotopic (exact) mass is 277 g/mol. The van der Waals surface area contributed by atoms with E-state index in [1.807, 2.05) is 24.3 Å². The molecule has 2 nitrogen and oxygen atoms in total. The van der Waals surface area contributed by atoms with Crippen molar-refractivity contribution in [1.82, 2.24) is 5.32 Å². The van der Waals surface area contributed by atoms with Crippen molar-refractivity contribution in [1.29, 1.82) is 0 Å². The number of nitrogens with one attached hydrogen (secondary N) is 1. The second kappa shape index (κ2) is 5.54. The molecule has 0 aliphatic heterocycles. The lowest BCUT2D eigenvalue weighted by Gasteiger charge is -2.22. The van der Waals surface area contributed by atoms with E-state index in [0.717, 1.165) is 28.8 Å². The summed E-state index contributed by atoms with van der Waals surface area (Å²) in [5, 5.41) is 3.98. The van der Waals surface area contributed by atoms with E-state index in [1.165, 1.54) is 25.7 Å². The minimum Gasteiger partial charge on any atom is -0.353 e. The van der Waals surface area contributed by atoms with Gasteiger partial charge in [0.25, 0.3) is 0 Å². The first-order valence-corrected chi connectivity index (χ1v) is 7.63. The second-order valence-corrected chi connectivity index (χ2v) is 6.35. The van der Waals surface area contributed by atoms with Crippen molar-refractivity contribution >= 4 is 17.5 Å². The van der Waals surface area contributed by atoms with E-state index in [-0.39, 0.29) is 5.91 Å². The fraction of sp³-hybridized carbons (Fsp3) is 0.562. The van der Waals surface area contributed by atoms with Gasteiger partial charge < -0.3 is 5.32 Å². The molecule has 0 heterocycles. The summed E-state index contributed by atoms with van der Waals surface area (Å²) in [5.41, 5.74) is 1.06. The smallest absolute Gasteiger partial charge is 0.220 e. The zero-order valence-electron chi connectivity index (χ0n) is 11.1. The van der Waals surface area contributed by atoms with E-state index in [1.54, 1.807) is 0 Å². The van der Waals surface area contributed by atoms with Crippen LogP contribution in [0.15, 0.2) is 24.3 Å². The lowest BCUT2D eigenvalue weighted by atomic mass is 9.95. The van der Waals surface area contributed by atoms with E-state index >= 15 is 0 Å². The lowest BCUT2D eigenvalue weighted by Crippen LogP contribution is -2.38. The maximum Gasteiger partial charge on any atom is 0.220 e. The third-order valence-electron chi connectivity index (χ3n) is 4.66. The number of benzene rings is 1. The molecule has 2 aliphatic rings. The van der Waals surface area contributed by atoms with Gasteiger partial charge in [0.15, 0.2) is 0 Å². The highest BCUT2D eigenvalue weighted by atomic mass is 35.5. The molecular weight excluding hydrogens is 258 g/mol.